The Bertz CT molecular complexity index is 247. The molecule has 2 heterocycles. The smallest absolute Gasteiger partial charge is 0.0601 e. The highest BCUT2D eigenvalue weighted by Crippen LogP contribution is 2.33. The molecular formula is C14H26N2O. The normalized spacial score (nSPS) is 43.6. The van der Waals surface area contributed by atoms with E-state index in [0.717, 1.165) is 18.0 Å². The summed E-state index contributed by atoms with van der Waals surface area (Å²) in [6.45, 7) is 3.90. The van der Waals surface area contributed by atoms with E-state index in [-0.39, 0.29) is 0 Å². The lowest BCUT2D eigenvalue weighted by atomic mass is 9.83. The Morgan fingerprint density at radius 1 is 1.18 bits per heavy atom. The van der Waals surface area contributed by atoms with Crippen LogP contribution in [0.2, 0.25) is 0 Å². The van der Waals surface area contributed by atoms with E-state index in [9.17, 15) is 0 Å². The van der Waals surface area contributed by atoms with Crippen molar-refractivity contribution in [1.82, 2.24) is 10.2 Å². The first kappa shape index (κ1) is 11.9. The Labute approximate surface area is 105 Å². The summed E-state index contributed by atoms with van der Waals surface area (Å²) in [4.78, 5) is 2.74. The molecule has 0 aromatic carbocycles. The van der Waals surface area contributed by atoms with E-state index in [0.29, 0.717) is 6.10 Å². The number of rotatable bonds is 3. The van der Waals surface area contributed by atoms with Crippen LogP contribution in [0.3, 0.4) is 0 Å². The van der Waals surface area contributed by atoms with Gasteiger partial charge in [-0.15, -0.1) is 0 Å². The predicted molar refractivity (Wildman–Crippen MR) is 69.1 cm³/mol. The number of ether oxygens (including phenoxy) is 1. The second kappa shape index (κ2) is 5.25. The van der Waals surface area contributed by atoms with Crippen LogP contribution in [0.15, 0.2) is 0 Å². The molecule has 0 bridgehead atoms. The number of methoxy groups -OCH3 is 1. The van der Waals surface area contributed by atoms with Crippen molar-refractivity contribution in [1.29, 1.82) is 0 Å². The average Bonchev–Trinajstić information content (AvgIpc) is 2.81. The monoisotopic (exact) mass is 238 g/mol. The highest BCUT2D eigenvalue weighted by Gasteiger charge is 2.37. The van der Waals surface area contributed by atoms with Crippen LogP contribution in [0.5, 0.6) is 0 Å². The maximum atomic E-state index is 5.39. The molecule has 3 aliphatic rings. The van der Waals surface area contributed by atoms with Crippen molar-refractivity contribution in [3.63, 3.8) is 0 Å². The molecule has 3 fully saturated rings. The molecule has 0 aromatic rings. The van der Waals surface area contributed by atoms with E-state index < -0.39 is 0 Å². The lowest BCUT2D eigenvalue weighted by Gasteiger charge is -2.46. The Balaban J connectivity index is 1.50. The third-order valence-electron chi connectivity index (χ3n) is 5.08. The van der Waals surface area contributed by atoms with Crippen LogP contribution >= 0.6 is 0 Å². The molecule has 1 N–H and O–H groups in total. The van der Waals surface area contributed by atoms with Gasteiger partial charge >= 0.3 is 0 Å². The van der Waals surface area contributed by atoms with Gasteiger partial charge in [-0.05, 0) is 57.5 Å². The van der Waals surface area contributed by atoms with E-state index in [1.165, 1.54) is 58.2 Å². The van der Waals surface area contributed by atoms with Crippen LogP contribution in [0, 0.1) is 5.92 Å². The van der Waals surface area contributed by atoms with Gasteiger partial charge in [0.05, 0.1) is 6.10 Å². The maximum Gasteiger partial charge on any atom is 0.0601 e. The molecule has 3 heteroatoms. The van der Waals surface area contributed by atoms with Crippen molar-refractivity contribution in [2.45, 2.75) is 56.7 Å². The van der Waals surface area contributed by atoms with Crippen molar-refractivity contribution in [2.75, 3.05) is 26.7 Å². The third-order valence-corrected chi connectivity index (χ3v) is 5.08. The second-order valence-corrected chi connectivity index (χ2v) is 6.08. The van der Waals surface area contributed by atoms with Gasteiger partial charge in [-0.1, -0.05) is 0 Å². The summed E-state index contributed by atoms with van der Waals surface area (Å²) < 4.78 is 5.39. The van der Waals surface area contributed by atoms with Gasteiger partial charge in [0, 0.05) is 25.7 Å². The zero-order valence-corrected chi connectivity index (χ0v) is 11.0. The lowest BCUT2D eigenvalue weighted by Crippen LogP contribution is -2.53. The molecule has 2 unspecified atom stereocenters. The number of piperidine rings is 1. The van der Waals surface area contributed by atoms with Gasteiger partial charge in [-0.3, -0.25) is 4.90 Å². The van der Waals surface area contributed by atoms with E-state index >= 15 is 0 Å². The zero-order valence-electron chi connectivity index (χ0n) is 11.0. The van der Waals surface area contributed by atoms with Gasteiger partial charge in [0.1, 0.15) is 0 Å². The standard InChI is InChI=1S/C14H26N2O/c1-17-13-8-12(9-13)16-7-3-4-11(10-16)14-5-2-6-15-14/h11-15H,2-10H2,1H3. The van der Waals surface area contributed by atoms with Crippen LogP contribution in [-0.2, 0) is 4.74 Å². The van der Waals surface area contributed by atoms with E-state index in [4.69, 9.17) is 4.74 Å². The number of likely N-dealkylation sites (tertiary alicyclic amines) is 1. The van der Waals surface area contributed by atoms with Crippen LogP contribution in [0.4, 0.5) is 0 Å². The Morgan fingerprint density at radius 3 is 2.76 bits per heavy atom. The summed E-state index contributed by atoms with van der Waals surface area (Å²) in [5, 5.41) is 3.69. The van der Waals surface area contributed by atoms with Crippen molar-refractivity contribution in [3.8, 4) is 0 Å². The summed E-state index contributed by atoms with van der Waals surface area (Å²) in [6, 6.07) is 1.64. The minimum atomic E-state index is 0.546. The molecular weight excluding hydrogens is 212 g/mol. The molecule has 3 nitrogen and oxygen atoms in total. The molecule has 17 heavy (non-hydrogen) atoms. The molecule has 1 saturated carbocycles. The second-order valence-electron chi connectivity index (χ2n) is 6.08. The maximum absolute atomic E-state index is 5.39. The first-order chi connectivity index (χ1) is 8.36. The number of hydrogen-bond donors (Lipinski definition) is 1. The molecule has 0 aromatic heterocycles. The third kappa shape index (κ3) is 2.51. The van der Waals surface area contributed by atoms with Gasteiger partial charge < -0.3 is 10.1 Å². The number of hydrogen-bond acceptors (Lipinski definition) is 3. The molecule has 0 radical (unpaired) electrons. The van der Waals surface area contributed by atoms with Gasteiger partial charge in [0.2, 0.25) is 0 Å². The first-order valence-corrected chi connectivity index (χ1v) is 7.37. The predicted octanol–water partition coefficient (Wildman–Crippen LogP) is 1.63. The summed E-state index contributed by atoms with van der Waals surface area (Å²) in [5.41, 5.74) is 0. The highest BCUT2D eigenvalue weighted by molar-refractivity contribution is 4.93. The van der Waals surface area contributed by atoms with Gasteiger partial charge in [0.15, 0.2) is 0 Å². The fourth-order valence-electron chi connectivity index (χ4n) is 3.84. The minimum absolute atomic E-state index is 0.546. The van der Waals surface area contributed by atoms with Crippen molar-refractivity contribution in [3.05, 3.63) is 0 Å². The molecule has 98 valence electrons. The Morgan fingerprint density at radius 2 is 2.06 bits per heavy atom. The fourth-order valence-corrected chi connectivity index (χ4v) is 3.84. The molecule has 0 amide bonds. The summed E-state index contributed by atoms with van der Waals surface area (Å²) in [6.07, 6.45) is 8.71. The van der Waals surface area contributed by atoms with E-state index in [1.807, 2.05) is 7.11 Å². The number of nitrogens with zero attached hydrogens (tertiary/aromatic N) is 1. The van der Waals surface area contributed by atoms with Crippen LogP contribution in [0.1, 0.15) is 38.5 Å². The average molecular weight is 238 g/mol. The topological polar surface area (TPSA) is 24.5 Å². The van der Waals surface area contributed by atoms with Crippen molar-refractivity contribution < 1.29 is 4.74 Å². The lowest BCUT2D eigenvalue weighted by molar-refractivity contribution is -0.0407. The summed E-state index contributed by atoms with van der Waals surface area (Å²) in [5.74, 6) is 0.910. The Hall–Kier alpha value is -0.120. The SMILES string of the molecule is COC1CC(N2CCCC(C3CCCN3)C2)C1. The molecule has 2 atom stereocenters. The molecule has 2 saturated heterocycles. The van der Waals surface area contributed by atoms with E-state index in [2.05, 4.69) is 10.2 Å². The van der Waals surface area contributed by atoms with Gasteiger partial charge in [-0.2, -0.15) is 0 Å². The quantitative estimate of drug-likeness (QED) is 0.809. The molecule has 1 aliphatic carbocycles. The summed E-state index contributed by atoms with van der Waals surface area (Å²) in [7, 11) is 1.85. The van der Waals surface area contributed by atoms with Crippen LogP contribution < -0.4 is 5.32 Å². The molecule has 2 aliphatic heterocycles. The summed E-state index contributed by atoms with van der Waals surface area (Å²) >= 11 is 0. The van der Waals surface area contributed by atoms with Gasteiger partial charge in [0.25, 0.3) is 0 Å². The van der Waals surface area contributed by atoms with Gasteiger partial charge in [-0.25, -0.2) is 0 Å². The minimum Gasteiger partial charge on any atom is -0.381 e. The number of nitrogens with one attached hydrogen (secondary N) is 1. The van der Waals surface area contributed by atoms with Crippen molar-refractivity contribution in [2.24, 2.45) is 5.92 Å². The fraction of sp³-hybridized carbons (Fsp3) is 1.00. The highest BCUT2D eigenvalue weighted by atomic mass is 16.5. The van der Waals surface area contributed by atoms with E-state index in [1.54, 1.807) is 0 Å². The zero-order chi connectivity index (χ0) is 11.7. The van der Waals surface area contributed by atoms with Crippen LogP contribution in [0.25, 0.3) is 0 Å². The largest absolute Gasteiger partial charge is 0.381 e. The first-order valence-electron chi connectivity index (χ1n) is 7.37. The van der Waals surface area contributed by atoms with Crippen LogP contribution in [-0.4, -0.2) is 49.8 Å². The van der Waals surface area contributed by atoms with Crippen molar-refractivity contribution >= 4 is 0 Å². The molecule has 3 rings (SSSR count). The molecule has 0 spiro atoms. The Kier molecular flexibility index (Phi) is 3.69.